The predicted octanol–water partition coefficient (Wildman–Crippen LogP) is 3.65. The first-order chi connectivity index (χ1) is 6.88. The molecular weight excluding hydrogens is 234 g/mol. The van der Waals surface area contributed by atoms with E-state index in [4.69, 9.17) is 0 Å². The molecule has 0 saturated heterocycles. The van der Waals surface area contributed by atoms with Crippen LogP contribution in [0.15, 0.2) is 60.7 Å². The fourth-order valence-corrected chi connectivity index (χ4v) is 1.56. The van der Waals surface area contributed by atoms with Gasteiger partial charge in [-0.15, -0.1) is 5.92 Å². The van der Waals surface area contributed by atoms with Gasteiger partial charge < -0.3 is 6.92 Å². The minimum Gasteiger partial charge on any atom is -0.332 e. The van der Waals surface area contributed by atoms with Gasteiger partial charge in [0.2, 0.25) is 0 Å². The summed E-state index contributed by atoms with van der Waals surface area (Å²) in [6, 6.07) is 20.7. The van der Waals surface area contributed by atoms with E-state index in [1.165, 1.54) is 11.1 Å². The van der Waals surface area contributed by atoms with Crippen molar-refractivity contribution >= 4 is 0 Å². The first-order valence-corrected chi connectivity index (χ1v) is 4.81. The van der Waals surface area contributed by atoms with Crippen LogP contribution in [0.3, 0.4) is 0 Å². The summed E-state index contributed by atoms with van der Waals surface area (Å²) in [6.07, 6.45) is 0. The van der Waals surface area contributed by atoms with Crippen LogP contribution in [0.25, 0.3) is 0 Å². The van der Waals surface area contributed by atoms with Gasteiger partial charge in [0, 0.05) is 19.5 Å². The standard InChI is InChI=1S/C14H13.Zn/c1-12(13-8-4-2-5-9-13)14-10-6-3-7-11-14;/h2-12H,1H2;/q-1;. The summed E-state index contributed by atoms with van der Waals surface area (Å²) in [6.45, 7) is 4.18. The van der Waals surface area contributed by atoms with Crippen LogP contribution in [0.2, 0.25) is 0 Å². The van der Waals surface area contributed by atoms with Gasteiger partial charge in [0.15, 0.2) is 0 Å². The third-order valence-electron chi connectivity index (χ3n) is 2.40. The summed E-state index contributed by atoms with van der Waals surface area (Å²) in [7, 11) is 0. The zero-order chi connectivity index (χ0) is 9.80. The van der Waals surface area contributed by atoms with Gasteiger partial charge in [-0.2, -0.15) is 0 Å². The van der Waals surface area contributed by atoms with Crippen LogP contribution in [0, 0.1) is 6.92 Å². The largest absolute Gasteiger partial charge is 0.332 e. The third-order valence-corrected chi connectivity index (χ3v) is 2.40. The average molecular weight is 247 g/mol. The molecule has 0 heterocycles. The smallest absolute Gasteiger partial charge is 0 e. The fraction of sp³-hybridized carbons (Fsp3) is 0.0714. The van der Waals surface area contributed by atoms with Crippen molar-refractivity contribution < 1.29 is 19.5 Å². The van der Waals surface area contributed by atoms with Crippen LogP contribution in [-0.2, 0) is 19.5 Å². The molecule has 0 unspecified atom stereocenters. The molecule has 0 amide bonds. The van der Waals surface area contributed by atoms with Crippen LogP contribution >= 0.6 is 0 Å². The van der Waals surface area contributed by atoms with E-state index < -0.39 is 0 Å². The van der Waals surface area contributed by atoms with E-state index >= 15 is 0 Å². The maximum atomic E-state index is 4.18. The van der Waals surface area contributed by atoms with Gasteiger partial charge in [-0.3, -0.25) is 0 Å². The molecule has 2 aromatic carbocycles. The van der Waals surface area contributed by atoms with Crippen molar-refractivity contribution in [1.82, 2.24) is 0 Å². The Bertz CT molecular complexity index is 341. The number of hydrogen-bond donors (Lipinski definition) is 0. The second-order valence-electron chi connectivity index (χ2n) is 3.37. The molecule has 0 fully saturated rings. The van der Waals surface area contributed by atoms with Crippen LogP contribution in [0.4, 0.5) is 0 Å². The van der Waals surface area contributed by atoms with E-state index in [1.807, 2.05) is 12.1 Å². The second kappa shape index (κ2) is 5.83. The Morgan fingerprint density at radius 1 is 0.667 bits per heavy atom. The topological polar surface area (TPSA) is 0 Å². The van der Waals surface area contributed by atoms with Gasteiger partial charge in [-0.05, 0) is 0 Å². The molecular formula is C14H13Zn-. The van der Waals surface area contributed by atoms with Gasteiger partial charge in [-0.1, -0.05) is 71.8 Å². The van der Waals surface area contributed by atoms with Crippen molar-refractivity contribution in [3.63, 3.8) is 0 Å². The number of hydrogen-bond acceptors (Lipinski definition) is 0. The quantitative estimate of drug-likeness (QED) is 0.561. The molecule has 0 spiro atoms. The van der Waals surface area contributed by atoms with Crippen molar-refractivity contribution in [1.29, 1.82) is 0 Å². The summed E-state index contributed by atoms with van der Waals surface area (Å²) < 4.78 is 0. The molecule has 0 aliphatic rings. The molecule has 2 rings (SSSR count). The van der Waals surface area contributed by atoms with Crippen molar-refractivity contribution in [2.45, 2.75) is 5.92 Å². The zero-order valence-corrected chi connectivity index (χ0v) is 11.7. The monoisotopic (exact) mass is 245 g/mol. The first kappa shape index (κ1) is 12.1. The van der Waals surface area contributed by atoms with Gasteiger partial charge in [0.05, 0.1) is 0 Å². The summed E-state index contributed by atoms with van der Waals surface area (Å²) >= 11 is 0. The van der Waals surface area contributed by atoms with E-state index in [2.05, 4.69) is 55.5 Å². The van der Waals surface area contributed by atoms with E-state index in [0.717, 1.165) is 0 Å². The molecule has 0 N–H and O–H groups in total. The maximum absolute atomic E-state index is 4.18. The van der Waals surface area contributed by atoms with Gasteiger partial charge in [0.1, 0.15) is 0 Å². The fourth-order valence-electron chi connectivity index (χ4n) is 1.56. The van der Waals surface area contributed by atoms with Crippen LogP contribution < -0.4 is 0 Å². The Labute approximate surface area is 104 Å². The number of benzene rings is 2. The van der Waals surface area contributed by atoms with Crippen molar-refractivity contribution in [2.75, 3.05) is 0 Å². The Kier molecular flexibility index (Phi) is 4.71. The molecule has 2 aromatic rings. The molecule has 0 aliphatic carbocycles. The normalized spacial score (nSPS) is 9.73. The Morgan fingerprint density at radius 2 is 1.00 bits per heavy atom. The molecule has 0 atom stereocenters. The molecule has 15 heavy (non-hydrogen) atoms. The molecule has 0 aromatic heterocycles. The van der Waals surface area contributed by atoms with Crippen molar-refractivity contribution in [3.05, 3.63) is 78.7 Å². The predicted molar refractivity (Wildman–Crippen MR) is 60.1 cm³/mol. The summed E-state index contributed by atoms with van der Waals surface area (Å²) in [5.74, 6) is 0.234. The molecule has 0 saturated carbocycles. The summed E-state index contributed by atoms with van der Waals surface area (Å²) in [4.78, 5) is 0. The summed E-state index contributed by atoms with van der Waals surface area (Å²) in [5.41, 5.74) is 2.53. The first-order valence-electron chi connectivity index (χ1n) is 4.81. The van der Waals surface area contributed by atoms with E-state index in [1.54, 1.807) is 0 Å². The Hall–Kier alpha value is -0.937. The van der Waals surface area contributed by atoms with E-state index in [-0.39, 0.29) is 25.4 Å². The van der Waals surface area contributed by atoms with Crippen LogP contribution in [-0.4, -0.2) is 0 Å². The Morgan fingerprint density at radius 3 is 1.33 bits per heavy atom. The third kappa shape index (κ3) is 3.01. The van der Waals surface area contributed by atoms with Crippen LogP contribution in [0.5, 0.6) is 0 Å². The van der Waals surface area contributed by atoms with Crippen LogP contribution in [0.1, 0.15) is 17.0 Å². The SMILES string of the molecule is [CH2-]C(c1ccccc1)c1ccccc1.[Zn]. The van der Waals surface area contributed by atoms with Crippen molar-refractivity contribution in [3.8, 4) is 0 Å². The van der Waals surface area contributed by atoms with Gasteiger partial charge in [-0.25, -0.2) is 0 Å². The van der Waals surface area contributed by atoms with Gasteiger partial charge >= 0.3 is 0 Å². The minimum atomic E-state index is 0. The van der Waals surface area contributed by atoms with Gasteiger partial charge in [0.25, 0.3) is 0 Å². The molecule has 1 heteroatoms. The summed E-state index contributed by atoms with van der Waals surface area (Å²) in [5, 5.41) is 0. The molecule has 0 nitrogen and oxygen atoms in total. The van der Waals surface area contributed by atoms with Crippen molar-refractivity contribution in [2.24, 2.45) is 0 Å². The zero-order valence-electron chi connectivity index (χ0n) is 8.77. The number of rotatable bonds is 2. The Balaban J connectivity index is 0.00000112. The van der Waals surface area contributed by atoms with E-state index in [9.17, 15) is 0 Å². The van der Waals surface area contributed by atoms with E-state index in [0.29, 0.717) is 0 Å². The molecule has 0 radical (unpaired) electrons. The average Bonchev–Trinajstić information content (AvgIpc) is 2.30. The molecule has 72 valence electrons. The second-order valence-corrected chi connectivity index (χ2v) is 3.37. The molecule has 0 aliphatic heterocycles. The maximum Gasteiger partial charge on any atom is 0 e. The molecule has 0 bridgehead atoms. The minimum absolute atomic E-state index is 0.